The van der Waals surface area contributed by atoms with Crippen LogP contribution in [0.3, 0.4) is 0 Å². The van der Waals surface area contributed by atoms with Gasteiger partial charge in [0, 0.05) is 12.3 Å². The summed E-state index contributed by atoms with van der Waals surface area (Å²) in [5.41, 5.74) is 4.12. The second-order valence-corrected chi connectivity index (χ2v) is 4.12. The Labute approximate surface area is 105 Å². The fourth-order valence-corrected chi connectivity index (χ4v) is 2.18. The number of ether oxygens (including phenoxy) is 1. The molecule has 0 saturated heterocycles. The lowest BCUT2D eigenvalue weighted by Crippen LogP contribution is -1.94. The van der Waals surface area contributed by atoms with Gasteiger partial charge in [0.15, 0.2) is 0 Å². The third-order valence-electron chi connectivity index (χ3n) is 3.02. The third-order valence-corrected chi connectivity index (χ3v) is 3.02. The van der Waals surface area contributed by atoms with Crippen LogP contribution in [-0.2, 0) is 0 Å². The first kappa shape index (κ1) is 10.8. The summed E-state index contributed by atoms with van der Waals surface area (Å²) in [4.78, 5) is 4.68. The lowest BCUT2D eigenvalue weighted by atomic mass is 10.2. The standard InChI is InChI=1S/C15H14N2O/c1-3-5-12-14-6-4-9-17(14)15-10-11(18-2)7-8-13(15)16-12/h3-10H,1-2H3/b5-3+. The first-order valence-corrected chi connectivity index (χ1v) is 5.91. The van der Waals surface area contributed by atoms with Crippen molar-refractivity contribution in [2.24, 2.45) is 0 Å². The fourth-order valence-electron chi connectivity index (χ4n) is 2.18. The number of hydrogen-bond donors (Lipinski definition) is 0. The molecule has 0 fully saturated rings. The van der Waals surface area contributed by atoms with E-state index in [-0.39, 0.29) is 0 Å². The van der Waals surface area contributed by atoms with E-state index in [2.05, 4.69) is 15.5 Å². The molecule has 0 spiro atoms. The van der Waals surface area contributed by atoms with Crippen LogP contribution in [0.5, 0.6) is 5.75 Å². The van der Waals surface area contributed by atoms with Gasteiger partial charge in [-0.2, -0.15) is 0 Å². The molecule has 18 heavy (non-hydrogen) atoms. The molecular formula is C15H14N2O. The van der Waals surface area contributed by atoms with Gasteiger partial charge in [0.25, 0.3) is 0 Å². The number of rotatable bonds is 2. The van der Waals surface area contributed by atoms with Crippen LogP contribution in [0.15, 0.2) is 42.6 Å². The highest BCUT2D eigenvalue weighted by Crippen LogP contribution is 2.23. The SMILES string of the molecule is C/C=C/c1nc2ccc(OC)cc2n2cccc12. The molecule has 1 aromatic carbocycles. The first-order chi connectivity index (χ1) is 8.83. The van der Waals surface area contributed by atoms with Crippen LogP contribution >= 0.6 is 0 Å². The number of benzene rings is 1. The van der Waals surface area contributed by atoms with E-state index in [1.54, 1.807) is 7.11 Å². The Bertz CT molecular complexity index is 741. The maximum absolute atomic E-state index is 5.27. The van der Waals surface area contributed by atoms with E-state index in [9.17, 15) is 0 Å². The van der Waals surface area contributed by atoms with Crippen molar-refractivity contribution in [2.45, 2.75) is 6.92 Å². The fraction of sp³-hybridized carbons (Fsp3) is 0.133. The molecular weight excluding hydrogens is 224 g/mol. The molecule has 3 nitrogen and oxygen atoms in total. The number of methoxy groups -OCH3 is 1. The molecule has 0 atom stereocenters. The van der Waals surface area contributed by atoms with E-state index in [1.165, 1.54) is 0 Å². The molecule has 2 aromatic heterocycles. The Morgan fingerprint density at radius 1 is 1.22 bits per heavy atom. The summed E-state index contributed by atoms with van der Waals surface area (Å²) in [6.45, 7) is 2.00. The van der Waals surface area contributed by atoms with E-state index in [0.717, 1.165) is 28.0 Å². The zero-order chi connectivity index (χ0) is 12.5. The number of allylic oxidation sites excluding steroid dienone is 1. The number of fused-ring (bicyclic) bond motifs is 3. The van der Waals surface area contributed by atoms with Crippen LogP contribution in [0, 0.1) is 0 Å². The van der Waals surface area contributed by atoms with Crippen molar-refractivity contribution < 1.29 is 4.74 Å². The third kappa shape index (κ3) is 1.56. The van der Waals surface area contributed by atoms with Crippen LogP contribution in [0.2, 0.25) is 0 Å². The van der Waals surface area contributed by atoms with Crippen molar-refractivity contribution in [2.75, 3.05) is 7.11 Å². The Hall–Kier alpha value is -2.29. The lowest BCUT2D eigenvalue weighted by molar-refractivity contribution is 0.415. The predicted molar refractivity (Wildman–Crippen MR) is 74.0 cm³/mol. The van der Waals surface area contributed by atoms with E-state index in [0.29, 0.717) is 0 Å². The average Bonchev–Trinajstić information content (AvgIpc) is 2.88. The van der Waals surface area contributed by atoms with Gasteiger partial charge >= 0.3 is 0 Å². The minimum Gasteiger partial charge on any atom is -0.497 e. The first-order valence-electron chi connectivity index (χ1n) is 5.91. The molecule has 90 valence electrons. The van der Waals surface area contributed by atoms with Crippen molar-refractivity contribution in [3.63, 3.8) is 0 Å². The van der Waals surface area contributed by atoms with Gasteiger partial charge in [-0.25, -0.2) is 4.98 Å². The second kappa shape index (κ2) is 4.18. The van der Waals surface area contributed by atoms with E-state index in [1.807, 2.05) is 49.5 Å². The minimum atomic E-state index is 0.845. The Morgan fingerprint density at radius 3 is 2.89 bits per heavy atom. The van der Waals surface area contributed by atoms with Gasteiger partial charge in [0.2, 0.25) is 0 Å². The molecule has 0 bridgehead atoms. The van der Waals surface area contributed by atoms with Gasteiger partial charge in [-0.15, -0.1) is 0 Å². The highest BCUT2D eigenvalue weighted by molar-refractivity contribution is 5.83. The van der Waals surface area contributed by atoms with Crippen molar-refractivity contribution in [3.05, 3.63) is 48.3 Å². The lowest BCUT2D eigenvalue weighted by Gasteiger charge is -2.07. The van der Waals surface area contributed by atoms with E-state index >= 15 is 0 Å². The molecule has 0 saturated carbocycles. The van der Waals surface area contributed by atoms with E-state index < -0.39 is 0 Å². The molecule has 3 rings (SSSR count). The molecule has 2 heterocycles. The Kier molecular flexibility index (Phi) is 2.52. The quantitative estimate of drug-likeness (QED) is 0.682. The molecule has 0 radical (unpaired) electrons. The van der Waals surface area contributed by atoms with Crippen LogP contribution in [0.25, 0.3) is 22.6 Å². The highest BCUT2D eigenvalue weighted by Gasteiger charge is 2.06. The van der Waals surface area contributed by atoms with Crippen LogP contribution < -0.4 is 4.74 Å². The van der Waals surface area contributed by atoms with Gasteiger partial charge in [0.1, 0.15) is 5.75 Å². The summed E-state index contributed by atoms with van der Waals surface area (Å²) in [6.07, 6.45) is 6.08. The van der Waals surface area contributed by atoms with Gasteiger partial charge in [-0.1, -0.05) is 6.08 Å². The van der Waals surface area contributed by atoms with Gasteiger partial charge in [-0.3, -0.25) is 0 Å². The van der Waals surface area contributed by atoms with Crippen LogP contribution in [0.4, 0.5) is 0 Å². The smallest absolute Gasteiger partial charge is 0.121 e. The summed E-state index contributed by atoms with van der Waals surface area (Å²) < 4.78 is 7.41. The topological polar surface area (TPSA) is 26.5 Å². The summed E-state index contributed by atoms with van der Waals surface area (Å²) in [7, 11) is 1.68. The largest absolute Gasteiger partial charge is 0.497 e. The molecule has 0 amide bonds. The molecule has 3 heteroatoms. The van der Waals surface area contributed by atoms with Crippen LogP contribution in [0.1, 0.15) is 12.6 Å². The Morgan fingerprint density at radius 2 is 2.11 bits per heavy atom. The molecule has 0 N–H and O–H groups in total. The summed E-state index contributed by atoms with van der Waals surface area (Å²) in [5, 5.41) is 0. The molecule has 0 aliphatic rings. The van der Waals surface area contributed by atoms with Gasteiger partial charge in [0.05, 0.1) is 29.4 Å². The van der Waals surface area contributed by atoms with E-state index in [4.69, 9.17) is 4.74 Å². The second-order valence-electron chi connectivity index (χ2n) is 4.12. The number of aromatic nitrogens is 2. The summed E-state index contributed by atoms with van der Waals surface area (Å²) >= 11 is 0. The van der Waals surface area contributed by atoms with Crippen molar-refractivity contribution in [1.29, 1.82) is 0 Å². The molecule has 0 aliphatic heterocycles. The van der Waals surface area contributed by atoms with Crippen LogP contribution in [-0.4, -0.2) is 16.5 Å². The van der Waals surface area contributed by atoms with Crippen molar-refractivity contribution in [1.82, 2.24) is 9.38 Å². The predicted octanol–water partition coefficient (Wildman–Crippen LogP) is 3.53. The average molecular weight is 238 g/mol. The highest BCUT2D eigenvalue weighted by atomic mass is 16.5. The maximum Gasteiger partial charge on any atom is 0.121 e. The number of hydrogen-bond acceptors (Lipinski definition) is 2. The zero-order valence-electron chi connectivity index (χ0n) is 10.4. The van der Waals surface area contributed by atoms with Gasteiger partial charge < -0.3 is 9.14 Å². The Balaban J connectivity index is 2.43. The van der Waals surface area contributed by atoms with Gasteiger partial charge in [-0.05, 0) is 37.3 Å². The number of nitrogens with zero attached hydrogens (tertiary/aromatic N) is 2. The molecule has 3 aromatic rings. The summed E-state index contributed by atoms with van der Waals surface area (Å²) in [6, 6.07) is 10.0. The van der Waals surface area contributed by atoms with Crippen molar-refractivity contribution >= 4 is 22.6 Å². The maximum atomic E-state index is 5.27. The molecule has 0 aliphatic carbocycles. The summed E-state index contributed by atoms with van der Waals surface area (Å²) in [5.74, 6) is 0.845. The van der Waals surface area contributed by atoms with Crippen molar-refractivity contribution in [3.8, 4) is 5.75 Å². The normalized spacial score (nSPS) is 11.7. The zero-order valence-corrected chi connectivity index (χ0v) is 10.4. The minimum absolute atomic E-state index is 0.845. The monoisotopic (exact) mass is 238 g/mol. The molecule has 0 unspecified atom stereocenters.